The van der Waals surface area contributed by atoms with E-state index in [0.717, 1.165) is 59.5 Å². The van der Waals surface area contributed by atoms with Gasteiger partial charge < -0.3 is 10.7 Å². The van der Waals surface area contributed by atoms with Gasteiger partial charge in [0.1, 0.15) is 11.6 Å². The van der Waals surface area contributed by atoms with Gasteiger partial charge in [-0.2, -0.15) is 0 Å². The molecule has 1 aromatic carbocycles. The third kappa shape index (κ3) is 3.24. The lowest BCUT2D eigenvalue weighted by Crippen LogP contribution is -2.11. The van der Waals surface area contributed by atoms with Gasteiger partial charge in [-0.15, -0.1) is 0 Å². The summed E-state index contributed by atoms with van der Waals surface area (Å²) in [6, 6.07) is 14.3. The van der Waals surface area contributed by atoms with Crippen LogP contribution in [-0.2, 0) is 19.3 Å². The van der Waals surface area contributed by atoms with E-state index in [-0.39, 0.29) is 0 Å². The Morgan fingerprint density at radius 1 is 1.04 bits per heavy atom. The molecule has 0 saturated heterocycles. The van der Waals surface area contributed by atoms with Gasteiger partial charge in [-0.1, -0.05) is 24.3 Å². The summed E-state index contributed by atoms with van der Waals surface area (Å²) in [5.41, 5.74) is 13.6. The van der Waals surface area contributed by atoms with Crippen molar-refractivity contribution in [2.75, 3.05) is 5.73 Å². The van der Waals surface area contributed by atoms with Crippen LogP contribution in [-0.4, -0.2) is 19.9 Å². The highest BCUT2D eigenvalue weighted by atomic mass is 14.9. The number of hydrogen-bond acceptors (Lipinski definition) is 4. The van der Waals surface area contributed by atoms with Crippen LogP contribution in [0, 0.1) is 6.42 Å². The number of aromatic nitrogens is 4. The quantitative estimate of drug-likeness (QED) is 0.573. The number of H-pyrrole nitrogens is 1. The zero-order valence-electron chi connectivity index (χ0n) is 15.6. The molecule has 5 nitrogen and oxygen atoms in total. The number of nitrogens with two attached hydrogens (primary N) is 1. The van der Waals surface area contributed by atoms with Crippen LogP contribution >= 0.6 is 0 Å². The first-order valence-electron chi connectivity index (χ1n) is 9.65. The molecule has 1 aliphatic rings. The smallest absolute Gasteiger partial charge is 0.126 e. The van der Waals surface area contributed by atoms with Gasteiger partial charge in [-0.05, 0) is 54.2 Å². The molecule has 4 aromatic rings. The highest BCUT2D eigenvalue weighted by molar-refractivity contribution is 5.74. The molecule has 0 spiro atoms. The molecule has 3 aromatic heterocycles. The summed E-state index contributed by atoms with van der Waals surface area (Å²) < 4.78 is 0. The Morgan fingerprint density at radius 2 is 1.96 bits per heavy atom. The Balaban J connectivity index is 1.55. The number of nitrogens with one attached hydrogen (secondary N) is 1. The van der Waals surface area contributed by atoms with Crippen LogP contribution < -0.4 is 5.73 Å². The number of aromatic amines is 1. The summed E-state index contributed by atoms with van der Waals surface area (Å²) in [5.74, 6) is 1.50. The Bertz CT molecular complexity index is 1110. The second-order valence-electron chi connectivity index (χ2n) is 7.23. The third-order valence-electron chi connectivity index (χ3n) is 5.27. The van der Waals surface area contributed by atoms with Crippen molar-refractivity contribution in [2.24, 2.45) is 0 Å². The fourth-order valence-electron chi connectivity index (χ4n) is 3.83. The predicted octanol–water partition coefficient (Wildman–Crippen LogP) is 3.88. The lowest BCUT2D eigenvalue weighted by atomic mass is 9.91. The molecule has 28 heavy (non-hydrogen) atoms. The van der Waals surface area contributed by atoms with Crippen molar-refractivity contribution in [1.82, 2.24) is 19.9 Å². The van der Waals surface area contributed by atoms with Crippen LogP contribution in [0.1, 0.15) is 46.7 Å². The standard InChI is InChI=1S/C23H21N5/c24-23-16(7-5-11-25-23)13-17-12-15-6-1-2-8-18(15)26-21(17)14-22-27-19-9-3-4-10-20(19)28-22/h3-5,7,9-12H,1-2,6,13-14H2,(H2,24,25)(H,27,28). The summed E-state index contributed by atoms with van der Waals surface area (Å²) in [6.45, 7) is 0. The minimum Gasteiger partial charge on any atom is -0.383 e. The van der Waals surface area contributed by atoms with Gasteiger partial charge in [0.2, 0.25) is 0 Å². The van der Waals surface area contributed by atoms with Crippen molar-refractivity contribution in [2.45, 2.75) is 32.1 Å². The Kier molecular flexibility index (Phi) is 4.28. The summed E-state index contributed by atoms with van der Waals surface area (Å²) in [7, 11) is 0. The van der Waals surface area contributed by atoms with Gasteiger partial charge >= 0.3 is 0 Å². The molecule has 0 atom stereocenters. The molecule has 2 radical (unpaired) electrons. The number of rotatable bonds is 4. The van der Waals surface area contributed by atoms with E-state index in [0.29, 0.717) is 12.2 Å². The first-order chi connectivity index (χ1) is 13.8. The summed E-state index contributed by atoms with van der Waals surface area (Å²) >= 11 is 0. The van der Waals surface area contributed by atoms with Crippen LogP contribution in [0.3, 0.4) is 0 Å². The Hall–Kier alpha value is -3.21. The molecule has 3 N–H and O–H groups in total. The molecular weight excluding hydrogens is 346 g/mol. The maximum absolute atomic E-state index is 6.10. The normalized spacial score (nSPS) is 13.6. The average Bonchev–Trinajstić information content (AvgIpc) is 3.12. The molecule has 5 heteroatoms. The lowest BCUT2D eigenvalue weighted by Gasteiger charge is -2.18. The van der Waals surface area contributed by atoms with Crippen LogP contribution in [0.25, 0.3) is 11.0 Å². The second kappa shape index (κ2) is 7.08. The van der Waals surface area contributed by atoms with Gasteiger partial charge in [-0.25, -0.2) is 9.97 Å². The van der Waals surface area contributed by atoms with Crippen LogP contribution in [0.4, 0.5) is 5.82 Å². The van der Waals surface area contributed by atoms with E-state index in [1.165, 1.54) is 11.1 Å². The number of nitrogen functional groups attached to an aromatic ring is 1. The minimum atomic E-state index is 0.577. The van der Waals surface area contributed by atoms with Gasteiger partial charge in [0.25, 0.3) is 0 Å². The number of imidazole rings is 1. The number of anilines is 1. The van der Waals surface area contributed by atoms with Crippen molar-refractivity contribution in [3.63, 3.8) is 0 Å². The second-order valence-corrected chi connectivity index (χ2v) is 7.23. The topological polar surface area (TPSA) is 80.5 Å². The van der Waals surface area contributed by atoms with E-state index in [1.54, 1.807) is 6.20 Å². The van der Waals surface area contributed by atoms with E-state index < -0.39 is 0 Å². The molecule has 0 saturated carbocycles. The van der Waals surface area contributed by atoms with E-state index in [2.05, 4.69) is 22.5 Å². The number of pyridine rings is 2. The monoisotopic (exact) mass is 367 g/mol. The van der Waals surface area contributed by atoms with Crippen molar-refractivity contribution in [1.29, 1.82) is 0 Å². The molecule has 3 heterocycles. The van der Waals surface area contributed by atoms with Gasteiger partial charge in [0.05, 0.1) is 22.4 Å². The highest BCUT2D eigenvalue weighted by Gasteiger charge is 2.18. The van der Waals surface area contributed by atoms with Gasteiger partial charge in [-0.3, -0.25) is 4.98 Å². The van der Waals surface area contributed by atoms with Crippen molar-refractivity contribution in [3.05, 3.63) is 89.0 Å². The molecule has 5 rings (SSSR count). The zero-order chi connectivity index (χ0) is 18.9. The SMILES string of the molecule is Nc1ncccc1Cc1cc2c(nc1Cc1nc3ccccc3[nH]1)[C]CCC2. The molecule has 0 unspecified atom stereocenters. The molecule has 138 valence electrons. The molecule has 0 amide bonds. The van der Waals surface area contributed by atoms with Crippen molar-refractivity contribution >= 4 is 16.9 Å². The number of fused-ring (bicyclic) bond motifs is 2. The number of hydrogen-bond donors (Lipinski definition) is 2. The number of benzene rings is 1. The zero-order valence-corrected chi connectivity index (χ0v) is 15.6. The Labute approximate surface area is 164 Å². The molecule has 1 aliphatic carbocycles. The maximum Gasteiger partial charge on any atom is 0.126 e. The van der Waals surface area contributed by atoms with Crippen LogP contribution in [0.5, 0.6) is 0 Å². The largest absolute Gasteiger partial charge is 0.383 e. The lowest BCUT2D eigenvalue weighted by molar-refractivity contribution is 0.749. The van der Waals surface area contributed by atoms with Crippen LogP contribution in [0.15, 0.2) is 48.7 Å². The fourth-order valence-corrected chi connectivity index (χ4v) is 3.83. The predicted molar refractivity (Wildman–Crippen MR) is 110 cm³/mol. The molecule has 0 bridgehead atoms. The third-order valence-corrected chi connectivity index (χ3v) is 5.27. The number of aryl methyl sites for hydroxylation is 1. The first-order valence-corrected chi connectivity index (χ1v) is 9.65. The highest BCUT2D eigenvalue weighted by Crippen LogP contribution is 2.27. The van der Waals surface area contributed by atoms with Gasteiger partial charge in [0.15, 0.2) is 0 Å². The van der Waals surface area contributed by atoms with Gasteiger partial charge in [0, 0.05) is 25.5 Å². The fraction of sp³-hybridized carbons (Fsp3) is 0.217. The van der Waals surface area contributed by atoms with Crippen molar-refractivity contribution < 1.29 is 0 Å². The van der Waals surface area contributed by atoms with E-state index in [4.69, 9.17) is 15.7 Å². The Morgan fingerprint density at radius 3 is 2.86 bits per heavy atom. The minimum absolute atomic E-state index is 0.577. The van der Waals surface area contributed by atoms with E-state index >= 15 is 0 Å². The summed E-state index contributed by atoms with van der Waals surface area (Å²) in [6.07, 6.45) is 9.69. The number of nitrogens with zero attached hydrogens (tertiary/aromatic N) is 3. The van der Waals surface area contributed by atoms with Crippen LogP contribution in [0.2, 0.25) is 0 Å². The van der Waals surface area contributed by atoms with E-state index in [9.17, 15) is 0 Å². The number of para-hydroxylation sites is 2. The molecule has 0 aliphatic heterocycles. The van der Waals surface area contributed by atoms with Crippen molar-refractivity contribution in [3.8, 4) is 0 Å². The molecule has 0 fully saturated rings. The van der Waals surface area contributed by atoms with E-state index in [1.807, 2.05) is 36.4 Å². The first kappa shape index (κ1) is 16.9. The maximum atomic E-state index is 6.10. The average molecular weight is 367 g/mol. The summed E-state index contributed by atoms with van der Waals surface area (Å²) in [4.78, 5) is 17.4. The molecular formula is C23H21N5. The summed E-state index contributed by atoms with van der Waals surface area (Å²) in [5, 5.41) is 0.